The van der Waals surface area contributed by atoms with E-state index in [9.17, 15) is 23.6 Å². The van der Waals surface area contributed by atoms with Crippen molar-refractivity contribution in [3.8, 4) is 0 Å². The topological polar surface area (TPSA) is 144 Å². The molecule has 12 heteroatoms. The zero-order valence-corrected chi connectivity index (χ0v) is 22.4. The second-order valence-corrected chi connectivity index (χ2v) is 10.7. The zero-order valence-electron chi connectivity index (χ0n) is 22.4. The molecule has 40 heavy (non-hydrogen) atoms. The minimum absolute atomic E-state index is 0.00250. The minimum atomic E-state index is -1.00. The molecule has 1 fully saturated rings. The third-order valence-corrected chi connectivity index (χ3v) is 7.62. The van der Waals surface area contributed by atoms with E-state index in [0.717, 1.165) is 16.8 Å². The van der Waals surface area contributed by atoms with Crippen LogP contribution in [0.2, 0.25) is 0 Å². The Labute approximate surface area is 231 Å². The number of hydrazine groups is 2. The molecule has 11 nitrogen and oxygen atoms in total. The minimum Gasteiger partial charge on any atom is -0.353 e. The lowest BCUT2D eigenvalue weighted by Gasteiger charge is -2.29. The molecule has 3 heterocycles. The number of carbonyl (C=O) groups is 4. The van der Waals surface area contributed by atoms with Crippen LogP contribution in [-0.4, -0.2) is 60.9 Å². The number of rotatable bonds is 8. The van der Waals surface area contributed by atoms with Gasteiger partial charge in [0.1, 0.15) is 23.9 Å². The summed E-state index contributed by atoms with van der Waals surface area (Å²) < 4.78 is 14.2. The van der Waals surface area contributed by atoms with Crippen molar-refractivity contribution < 1.29 is 23.6 Å². The molecule has 0 aliphatic carbocycles. The number of carbonyl (C=O) groups excluding carboxylic acids is 4. The second kappa shape index (κ2) is 11.7. The largest absolute Gasteiger partial charge is 0.353 e. The van der Waals surface area contributed by atoms with Gasteiger partial charge >= 0.3 is 0 Å². The van der Waals surface area contributed by atoms with Crippen LogP contribution >= 0.6 is 0 Å². The predicted octanol–water partition coefficient (Wildman–Crippen LogP) is 0.0662. The Morgan fingerprint density at radius 2 is 1.88 bits per heavy atom. The van der Waals surface area contributed by atoms with E-state index < -0.39 is 35.8 Å². The van der Waals surface area contributed by atoms with E-state index in [0.29, 0.717) is 32.4 Å². The average Bonchev–Trinajstić information content (AvgIpc) is 3.57. The number of halogens is 1. The van der Waals surface area contributed by atoms with Crippen molar-refractivity contribution >= 4 is 29.3 Å². The standard InChI is InChI=1S/C28H34FN7O4/c1-15(2)23(33-25(37)19-8-3-4-9-20(19)29)27(39)32-21-11-10-16-6-5-7-17-12-22(36(24(16)17)28(21)40)26(38)30-13-18-14-31-35-34-18/h3-9,15,18,21-23,31,34-35H,10-14H2,1-2H3,(H,30,38)(H,32,39)(H,33,37)/t18?,21-,22-,23-/m0/s1. The molecule has 3 aliphatic heterocycles. The van der Waals surface area contributed by atoms with Crippen LogP contribution in [0, 0.1) is 11.7 Å². The SMILES string of the molecule is CC(C)[C@H](NC(=O)c1ccccc1F)C(=O)N[C@H]1CCc2cccc3c2N(C1=O)[C@H](C(=O)NCC1CNNN1)C3. The number of para-hydroxylation sites is 1. The van der Waals surface area contributed by atoms with Gasteiger partial charge in [-0.25, -0.2) is 15.2 Å². The summed E-state index contributed by atoms with van der Waals surface area (Å²) in [5.41, 5.74) is 11.2. The Kier molecular flexibility index (Phi) is 8.10. The van der Waals surface area contributed by atoms with E-state index in [1.165, 1.54) is 23.1 Å². The fraction of sp³-hybridized carbons (Fsp3) is 0.429. The van der Waals surface area contributed by atoms with E-state index in [4.69, 9.17) is 0 Å². The lowest BCUT2D eigenvalue weighted by molar-refractivity contribution is -0.130. The first-order chi connectivity index (χ1) is 19.2. The number of nitrogens with one attached hydrogen (secondary N) is 6. The summed E-state index contributed by atoms with van der Waals surface area (Å²) in [6.45, 7) is 4.52. The summed E-state index contributed by atoms with van der Waals surface area (Å²) in [4.78, 5) is 54.9. The van der Waals surface area contributed by atoms with E-state index >= 15 is 0 Å². The van der Waals surface area contributed by atoms with Gasteiger partial charge in [0.15, 0.2) is 0 Å². The lowest BCUT2D eigenvalue weighted by atomic mass is 9.99. The van der Waals surface area contributed by atoms with Crippen molar-refractivity contribution in [1.82, 2.24) is 32.3 Å². The molecule has 2 aromatic carbocycles. The second-order valence-electron chi connectivity index (χ2n) is 10.7. The van der Waals surface area contributed by atoms with Gasteiger partial charge in [-0.1, -0.05) is 44.2 Å². The van der Waals surface area contributed by atoms with Crippen molar-refractivity contribution in [3.05, 3.63) is 65.0 Å². The van der Waals surface area contributed by atoms with Crippen LogP contribution in [0.15, 0.2) is 42.5 Å². The monoisotopic (exact) mass is 551 g/mol. The molecule has 4 atom stereocenters. The molecule has 2 aromatic rings. The van der Waals surface area contributed by atoms with Gasteiger partial charge in [0.25, 0.3) is 5.91 Å². The van der Waals surface area contributed by atoms with Crippen molar-refractivity contribution in [1.29, 1.82) is 0 Å². The molecule has 1 saturated heterocycles. The molecule has 0 radical (unpaired) electrons. The van der Waals surface area contributed by atoms with Gasteiger partial charge in [0.05, 0.1) is 17.3 Å². The van der Waals surface area contributed by atoms with Gasteiger partial charge in [0.2, 0.25) is 17.7 Å². The number of nitrogens with zero attached hydrogens (tertiary/aromatic N) is 1. The smallest absolute Gasteiger partial charge is 0.254 e. The zero-order chi connectivity index (χ0) is 28.4. The van der Waals surface area contributed by atoms with Crippen LogP contribution in [-0.2, 0) is 27.2 Å². The summed E-state index contributed by atoms with van der Waals surface area (Å²) in [5, 5.41) is 8.38. The van der Waals surface area contributed by atoms with Crippen LogP contribution in [0.1, 0.15) is 41.8 Å². The number of aryl methyl sites for hydroxylation is 1. The van der Waals surface area contributed by atoms with Crippen molar-refractivity contribution in [2.24, 2.45) is 5.92 Å². The lowest BCUT2D eigenvalue weighted by Crippen LogP contribution is -2.58. The van der Waals surface area contributed by atoms with Gasteiger partial charge in [-0.2, -0.15) is 5.53 Å². The molecular weight excluding hydrogens is 517 g/mol. The first kappa shape index (κ1) is 27.7. The Bertz CT molecular complexity index is 1310. The number of amides is 4. The quantitative estimate of drug-likeness (QED) is 0.273. The summed E-state index contributed by atoms with van der Waals surface area (Å²) in [6.07, 6.45) is 1.24. The molecule has 3 aliphatic rings. The molecule has 212 valence electrons. The maximum Gasteiger partial charge on any atom is 0.254 e. The fourth-order valence-electron chi connectivity index (χ4n) is 5.48. The highest BCUT2D eigenvalue weighted by Crippen LogP contribution is 2.39. The highest BCUT2D eigenvalue weighted by Gasteiger charge is 2.44. The Balaban J connectivity index is 1.33. The number of hydrogen-bond donors (Lipinski definition) is 6. The summed E-state index contributed by atoms with van der Waals surface area (Å²) in [7, 11) is 0. The van der Waals surface area contributed by atoms with Crippen molar-refractivity contribution in [2.45, 2.75) is 57.3 Å². The van der Waals surface area contributed by atoms with Crippen LogP contribution in [0.4, 0.5) is 10.1 Å². The normalized spacial score (nSPS) is 22.4. The maximum absolute atomic E-state index is 14.2. The number of anilines is 1. The Morgan fingerprint density at radius 3 is 2.60 bits per heavy atom. The van der Waals surface area contributed by atoms with E-state index in [1.807, 2.05) is 18.2 Å². The van der Waals surface area contributed by atoms with Gasteiger partial charge in [-0.15, -0.1) is 0 Å². The maximum atomic E-state index is 14.2. The summed E-state index contributed by atoms with van der Waals surface area (Å²) in [5.74, 6) is -2.92. The van der Waals surface area contributed by atoms with Crippen LogP contribution < -0.4 is 37.2 Å². The van der Waals surface area contributed by atoms with E-state index in [2.05, 4.69) is 32.3 Å². The molecule has 0 aromatic heterocycles. The van der Waals surface area contributed by atoms with Gasteiger partial charge in [-0.05, 0) is 42.0 Å². The fourth-order valence-corrected chi connectivity index (χ4v) is 5.48. The number of benzene rings is 2. The summed E-state index contributed by atoms with van der Waals surface area (Å²) in [6, 6.07) is 8.67. The Hall–Kier alpha value is -3.87. The molecule has 1 unspecified atom stereocenters. The highest BCUT2D eigenvalue weighted by molar-refractivity contribution is 6.08. The van der Waals surface area contributed by atoms with Crippen molar-refractivity contribution in [2.75, 3.05) is 18.0 Å². The molecule has 5 rings (SSSR count). The van der Waals surface area contributed by atoms with Gasteiger partial charge in [0, 0.05) is 19.5 Å². The summed E-state index contributed by atoms with van der Waals surface area (Å²) >= 11 is 0. The van der Waals surface area contributed by atoms with E-state index in [-0.39, 0.29) is 29.3 Å². The van der Waals surface area contributed by atoms with Crippen LogP contribution in [0.3, 0.4) is 0 Å². The predicted molar refractivity (Wildman–Crippen MR) is 145 cm³/mol. The van der Waals surface area contributed by atoms with Gasteiger partial charge < -0.3 is 16.0 Å². The first-order valence-electron chi connectivity index (χ1n) is 13.5. The van der Waals surface area contributed by atoms with Crippen molar-refractivity contribution in [3.63, 3.8) is 0 Å². The third-order valence-electron chi connectivity index (χ3n) is 7.62. The molecule has 4 amide bonds. The van der Waals surface area contributed by atoms with Gasteiger partial charge in [-0.3, -0.25) is 24.1 Å². The van der Waals surface area contributed by atoms with E-state index in [1.54, 1.807) is 19.9 Å². The molecule has 0 spiro atoms. The number of hydrogen-bond acceptors (Lipinski definition) is 7. The molecule has 6 N–H and O–H groups in total. The van der Waals surface area contributed by atoms with Crippen LogP contribution in [0.25, 0.3) is 0 Å². The highest BCUT2D eigenvalue weighted by atomic mass is 19.1. The average molecular weight is 552 g/mol. The first-order valence-corrected chi connectivity index (χ1v) is 13.5. The van der Waals surface area contributed by atoms with Crippen LogP contribution in [0.5, 0.6) is 0 Å². The Morgan fingerprint density at radius 1 is 1.10 bits per heavy atom. The molecule has 0 saturated carbocycles. The molecule has 0 bridgehead atoms. The third kappa shape index (κ3) is 5.55. The molecular formula is C28H34FN7O4.